The summed E-state index contributed by atoms with van der Waals surface area (Å²) in [6, 6.07) is 16.5. The summed E-state index contributed by atoms with van der Waals surface area (Å²) in [5.41, 5.74) is 5.96. The van der Waals surface area contributed by atoms with Crippen LogP contribution in [-0.4, -0.2) is 29.8 Å². The number of rotatable bonds is 9. The molecule has 2 unspecified atom stereocenters. The average Bonchev–Trinajstić information content (AvgIpc) is 3.27. The molecule has 0 radical (unpaired) electrons. The molecular weight excluding hydrogens is 398 g/mol. The van der Waals surface area contributed by atoms with Crippen LogP contribution in [0.4, 0.5) is 5.82 Å². The van der Waals surface area contributed by atoms with Crippen molar-refractivity contribution in [2.75, 3.05) is 18.9 Å². The van der Waals surface area contributed by atoms with Gasteiger partial charge in [0, 0.05) is 42.2 Å². The molecule has 164 valence electrons. The summed E-state index contributed by atoms with van der Waals surface area (Å²) < 4.78 is 0. The second-order valence-electron chi connectivity index (χ2n) is 7.94. The van der Waals surface area contributed by atoms with Crippen LogP contribution in [0.3, 0.4) is 0 Å². The van der Waals surface area contributed by atoms with Crippen LogP contribution in [0.25, 0.3) is 5.57 Å². The van der Waals surface area contributed by atoms with Crippen molar-refractivity contribution >= 4 is 17.7 Å². The maximum absolute atomic E-state index is 11.5. The number of nitrogens with one attached hydrogen (secondary N) is 4. The molecule has 0 amide bonds. The van der Waals surface area contributed by atoms with Crippen molar-refractivity contribution in [3.8, 4) is 0 Å². The average molecular weight is 428 g/mol. The minimum atomic E-state index is 0.00633. The minimum absolute atomic E-state index is 0.00633. The molecule has 0 saturated carbocycles. The lowest BCUT2D eigenvalue weighted by molar-refractivity contribution is 0.112. The van der Waals surface area contributed by atoms with Gasteiger partial charge < -0.3 is 20.9 Å². The Morgan fingerprint density at radius 2 is 2.03 bits per heavy atom. The van der Waals surface area contributed by atoms with Crippen LogP contribution in [0.1, 0.15) is 51.9 Å². The Bertz CT molecular complexity index is 1100. The van der Waals surface area contributed by atoms with Gasteiger partial charge in [-0.2, -0.15) is 0 Å². The number of hydrogen-bond acceptors (Lipinski definition) is 5. The lowest BCUT2D eigenvalue weighted by atomic mass is 10.0. The number of aldehydes is 1. The molecule has 1 aliphatic heterocycles. The van der Waals surface area contributed by atoms with Gasteiger partial charge in [0.25, 0.3) is 0 Å². The smallest absolute Gasteiger partial charge is 0.151 e. The van der Waals surface area contributed by atoms with Crippen molar-refractivity contribution in [3.63, 3.8) is 0 Å². The van der Waals surface area contributed by atoms with Crippen LogP contribution in [-0.2, 0) is 6.42 Å². The largest absolute Gasteiger partial charge is 0.380 e. The number of nitrogens with zero attached hydrogens (tertiary/aromatic N) is 1. The third-order valence-electron chi connectivity index (χ3n) is 5.69. The van der Waals surface area contributed by atoms with Gasteiger partial charge in [-0.3, -0.25) is 4.79 Å². The number of aromatic amines is 1. The summed E-state index contributed by atoms with van der Waals surface area (Å²) in [6.07, 6.45) is 9.71. The highest BCUT2D eigenvalue weighted by atomic mass is 16.1. The van der Waals surface area contributed by atoms with E-state index in [4.69, 9.17) is 0 Å². The first kappa shape index (κ1) is 21.6. The number of likely N-dealkylation sites (N-methyl/N-ethyl adjacent to an activating group) is 1. The van der Waals surface area contributed by atoms with Crippen LogP contribution in [0.2, 0.25) is 0 Å². The van der Waals surface area contributed by atoms with Crippen molar-refractivity contribution in [3.05, 3.63) is 101 Å². The lowest BCUT2D eigenvalue weighted by Gasteiger charge is -2.20. The molecule has 6 nitrogen and oxygen atoms in total. The number of aromatic nitrogens is 2. The Balaban J connectivity index is 1.48. The van der Waals surface area contributed by atoms with E-state index >= 15 is 0 Å². The molecule has 3 heterocycles. The normalized spacial score (nSPS) is 16.2. The Morgan fingerprint density at radius 3 is 2.75 bits per heavy atom. The van der Waals surface area contributed by atoms with Crippen LogP contribution < -0.4 is 16.0 Å². The van der Waals surface area contributed by atoms with E-state index in [2.05, 4.69) is 57.1 Å². The molecule has 0 aliphatic carbocycles. The molecule has 0 bridgehead atoms. The van der Waals surface area contributed by atoms with Gasteiger partial charge in [0.05, 0.1) is 6.04 Å². The van der Waals surface area contributed by atoms with Gasteiger partial charge in [-0.25, -0.2) is 4.98 Å². The highest BCUT2D eigenvalue weighted by molar-refractivity contribution is 5.82. The van der Waals surface area contributed by atoms with Crippen LogP contribution in [0.15, 0.2) is 73.1 Å². The van der Waals surface area contributed by atoms with Crippen LogP contribution in [0, 0.1) is 0 Å². The van der Waals surface area contributed by atoms with E-state index < -0.39 is 0 Å². The van der Waals surface area contributed by atoms with Gasteiger partial charge in [-0.15, -0.1) is 0 Å². The first-order valence-corrected chi connectivity index (χ1v) is 10.9. The summed E-state index contributed by atoms with van der Waals surface area (Å²) in [7, 11) is 1.91. The molecule has 1 aromatic carbocycles. The van der Waals surface area contributed by atoms with Gasteiger partial charge in [-0.1, -0.05) is 36.4 Å². The molecule has 1 aliphatic rings. The zero-order valence-corrected chi connectivity index (χ0v) is 18.4. The monoisotopic (exact) mass is 427 g/mol. The van der Waals surface area contributed by atoms with E-state index in [0.29, 0.717) is 5.56 Å². The van der Waals surface area contributed by atoms with Gasteiger partial charge in [0.1, 0.15) is 5.82 Å². The van der Waals surface area contributed by atoms with E-state index in [9.17, 15) is 4.79 Å². The molecule has 6 heteroatoms. The fourth-order valence-electron chi connectivity index (χ4n) is 3.85. The molecule has 2 atom stereocenters. The fraction of sp³-hybridized carbons (Fsp3) is 0.231. The molecule has 32 heavy (non-hydrogen) atoms. The summed E-state index contributed by atoms with van der Waals surface area (Å²) in [5, 5.41) is 9.95. The highest BCUT2D eigenvalue weighted by Crippen LogP contribution is 2.27. The third kappa shape index (κ3) is 4.98. The quantitative estimate of drug-likeness (QED) is 0.381. The van der Waals surface area contributed by atoms with E-state index in [0.717, 1.165) is 47.6 Å². The molecule has 0 saturated heterocycles. The van der Waals surface area contributed by atoms with Crippen molar-refractivity contribution in [1.82, 2.24) is 20.6 Å². The van der Waals surface area contributed by atoms with Gasteiger partial charge in [0.15, 0.2) is 6.29 Å². The number of benzene rings is 1. The van der Waals surface area contributed by atoms with Crippen molar-refractivity contribution in [1.29, 1.82) is 0 Å². The number of carbonyl (C=O) groups is 1. The van der Waals surface area contributed by atoms with Crippen LogP contribution >= 0.6 is 0 Å². The Morgan fingerprint density at radius 1 is 1.19 bits per heavy atom. The van der Waals surface area contributed by atoms with E-state index in [1.807, 2.05) is 55.9 Å². The van der Waals surface area contributed by atoms with Crippen LogP contribution in [0.5, 0.6) is 0 Å². The van der Waals surface area contributed by atoms with Gasteiger partial charge in [-0.05, 0) is 61.2 Å². The maximum Gasteiger partial charge on any atom is 0.151 e. The maximum atomic E-state index is 11.5. The van der Waals surface area contributed by atoms with E-state index in [1.165, 1.54) is 5.56 Å². The number of hydrogen-bond donors (Lipinski definition) is 4. The fourth-order valence-corrected chi connectivity index (χ4v) is 3.85. The number of pyridine rings is 1. The molecule has 3 aromatic rings. The molecule has 0 spiro atoms. The lowest BCUT2D eigenvalue weighted by Crippen LogP contribution is -2.17. The molecular formula is C26H29N5O. The minimum Gasteiger partial charge on any atom is -0.380 e. The molecule has 2 aromatic heterocycles. The topological polar surface area (TPSA) is 81.8 Å². The Labute approximate surface area is 188 Å². The number of dihydropyridines is 1. The van der Waals surface area contributed by atoms with Gasteiger partial charge >= 0.3 is 0 Å². The second-order valence-corrected chi connectivity index (χ2v) is 7.94. The molecule has 4 rings (SSSR count). The summed E-state index contributed by atoms with van der Waals surface area (Å²) >= 11 is 0. The van der Waals surface area contributed by atoms with Gasteiger partial charge in [0.2, 0.25) is 0 Å². The molecule has 4 N–H and O–H groups in total. The summed E-state index contributed by atoms with van der Waals surface area (Å²) in [4.78, 5) is 19.5. The van der Waals surface area contributed by atoms with E-state index in [1.54, 1.807) is 0 Å². The predicted molar refractivity (Wildman–Crippen MR) is 130 cm³/mol. The van der Waals surface area contributed by atoms with Crippen molar-refractivity contribution in [2.24, 2.45) is 0 Å². The number of carbonyl (C=O) groups excluding carboxylic acids is 1. The SMILES string of the molecule is CNCCc1[nH]c(C2=CC(c3ccc(NC(C)c4ccccc4)nc3)NC=C2)cc1C=O. The zero-order valence-electron chi connectivity index (χ0n) is 18.4. The number of anilines is 1. The van der Waals surface area contributed by atoms with E-state index in [-0.39, 0.29) is 12.1 Å². The Kier molecular flexibility index (Phi) is 6.82. The number of H-pyrrole nitrogens is 1. The summed E-state index contributed by atoms with van der Waals surface area (Å²) in [6.45, 7) is 2.94. The molecule has 0 fully saturated rings. The first-order chi connectivity index (χ1) is 15.7. The predicted octanol–water partition coefficient (Wildman–Crippen LogP) is 4.40. The third-order valence-corrected chi connectivity index (χ3v) is 5.69. The summed E-state index contributed by atoms with van der Waals surface area (Å²) in [5.74, 6) is 0.842. The zero-order chi connectivity index (χ0) is 22.3. The van der Waals surface area contributed by atoms with Crippen molar-refractivity contribution in [2.45, 2.75) is 25.4 Å². The van der Waals surface area contributed by atoms with Crippen molar-refractivity contribution < 1.29 is 4.79 Å². The second kappa shape index (κ2) is 10.1. The Hall–Kier alpha value is -3.64. The first-order valence-electron chi connectivity index (χ1n) is 10.9. The highest BCUT2D eigenvalue weighted by Gasteiger charge is 2.16. The standard InChI is InChI=1S/C26H29N5O/c1-18(19-6-4-3-5-7-19)30-26-9-8-21(16-29-26)24-14-20(10-13-28-24)25-15-22(17-32)23(31-25)11-12-27-2/h3-10,13-18,24,27-28,31H,11-12H2,1-2H3,(H,29,30). The number of allylic oxidation sites excluding steroid dienone is 2.